The highest BCUT2D eigenvalue weighted by Crippen LogP contribution is 2.14. The molecule has 4 nitrogen and oxygen atoms in total. The Morgan fingerprint density at radius 2 is 2.38 bits per heavy atom. The van der Waals surface area contributed by atoms with Crippen LogP contribution in [0.15, 0.2) is 22.8 Å². The first-order valence-electron chi connectivity index (χ1n) is 3.68. The molecule has 5 heteroatoms. The Morgan fingerprint density at radius 1 is 1.69 bits per heavy atom. The Hall–Kier alpha value is -0.940. The molecule has 0 bridgehead atoms. The fraction of sp³-hybridized carbons (Fsp3) is 0.250. The largest absolute Gasteiger partial charge is 0.481 e. The third kappa shape index (κ3) is 3.12. The summed E-state index contributed by atoms with van der Waals surface area (Å²) in [4.78, 5) is 14.3. The molecule has 0 aliphatic carbocycles. The van der Waals surface area contributed by atoms with Crippen molar-refractivity contribution >= 4 is 21.9 Å². The van der Waals surface area contributed by atoms with E-state index in [1.807, 2.05) is 0 Å². The average molecular weight is 245 g/mol. The van der Waals surface area contributed by atoms with Crippen LogP contribution in [0, 0.1) is 0 Å². The van der Waals surface area contributed by atoms with Gasteiger partial charge in [-0.1, -0.05) is 0 Å². The first kappa shape index (κ1) is 10.1. The van der Waals surface area contributed by atoms with E-state index in [-0.39, 0.29) is 6.42 Å². The van der Waals surface area contributed by atoms with Crippen molar-refractivity contribution in [2.75, 3.05) is 0 Å². The molecule has 1 aromatic rings. The van der Waals surface area contributed by atoms with Gasteiger partial charge in [0.2, 0.25) is 0 Å². The van der Waals surface area contributed by atoms with Crippen LogP contribution in [0.1, 0.15) is 18.2 Å². The number of carboxylic acid groups (broad SMARTS) is 1. The number of hydrogen-bond donors (Lipinski definition) is 2. The van der Waals surface area contributed by atoms with Gasteiger partial charge < -0.3 is 10.8 Å². The summed E-state index contributed by atoms with van der Waals surface area (Å²) in [5.74, 6) is -0.919. The molecule has 0 aromatic carbocycles. The third-order valence-corrected chi connectivity index (χ3v) is 1.99. The lowest BCUT2D eigenvalue weighted by Gasteiger charge is -2.07. The number of nitrogens with zero attached hydrogens (tertiary/aromatic N) is 1. The molecule has 1 atom stereocenters. The number of pyridine rings is 1. The van der Waals surface area contributed by atoms with Gasteiger partial charge in [0, 0.05) is 10.7 Å². The van der Waals surface area contributed by atoms with Crippen molar-refractivity contribution in [3.8, 4) is 0 Å². The van der Waals surface area contributed by atoms with Gasteiger partial charge in [0.1, 0.15) is 0 Å². The molecule has 1 heterocycles. The molecule has 0 saturated carbocycles. The van der Waals surface area contributed by atoms with Gasteiger partial charge in [0.05, 0.1) is 18.2 Å². The van der Waals surface area contributed by atoms with Crippen molar-refractivity contribution in [3.63, 3.8) is 0 Å². The highest BCUT2D eigenvalue weighted by molar-refractivity contribution is 9.10. The Labute approximate surface area is 83.9 Å². The Morgan fingerprint density at radius 3 is 2.85 bits per heavy atom. The van der Waals surface area contributed by atoms with E-state index in [0.29, 0.717) is 5.69 Å². The van der Waals surface area contributed by atoms with E-state index >= 15 is 0 Å². The number of aliphatic carboxylic acids is 1. The zero-order valence-corrected chi connectivity index (χ0v) is 8.36. The number of carbonyl (C=O) groups is 1. The maximum Gasteiger partial charge on any atom is 0.305 e. The summed E-state index contributed by atoms with van der Waals surface area (Å²) < 4.78 is 0.846. The van der Waals surface area contributed by atoms with E-state index in [1.165, 1.54) is 0 Å². The number of halogens is 1. The van der Waals surface area contributed by atoms with E-state index in [4.69, 9.17) is 10.8 Å². The quantitative estimate of drug-likeness (QED) is 0.841. The standard InChI is InChI=1S/C8H9BrN2O2/c9-5-1-2-7(11-4-5)6(10)3-8(12)13/h1-2,4,6H,3,10H2,(H,12,13)/t6-/m1/s1. The normalized spacial score (nSPS) is 12.5. The summed E-state index contributed by atoms with van der Waals surface area (Å²) in [5, 5.41) is 8.48. The average Bonchev–Trinajstić information content (AvgIpc) is 2.04. The minimum Gasteiger partial charge on any atom is -0.481 e. The number of nitrogens with two attached hydrogens (primary N) is 1. The van der Waals surface area contributed by atoms with Crippen molar-refractivity contribution < 1.29 is 9.90 Å². The summed E-state index contributed by atoms with van der Waals surface area (Å²) in [6.07, 6.45) is 1.49. The van der Waals surface area contributed by atoms with Gasteiger partial charge in [-0.2, -0.15) is 0 Å². The molecule has 1 rings (SSSR count). The maximum atomic E-state index is 10.3. The van der Waals surface area contributed by atoms with Crippen LogP contribution in [0.3, 0.4) is 0 Å². The lowest BCUT2D eigenvalue weighted by atomic mass is 10.1. The molecule has 0 fully saturated rings. The topological polar surface area (TPSA) is 76.2 Å². The molecule has 13 heavy (non-hydrogen) atoms. The lowest BCUT2D eigenvalue weighted by molar-refractivity contribution is -0.137. The van der Waals surface area contributed by atoms with Gasteiger partial charge in [-0.25, -0.2) is 0 Å². The molecule has 0 saturated heterocycles. The second-order valence-corrected chi connectivity index (χ2v) is 3.52. The van der Waals surface area contributed by atoms with Crippen LogP contribution in [0.25, 0.3) is 0 Å². The van der Waals surface area contributed by atoms with Gasteiger partial charge in [-0.05, 0) is 28.1 Å². The van der Waals surface area contributed by atoms with Gasteiger partial charge in [-0.3, -0.25) is 9.78 Å². The highest BCUT2D eigenvalue weighted by atomic mass is 79.9. The van der Waals surface area contributed by atoms with Crippen LogP contribution in [-0.2, 0) is 4.79 Å². The summed E-state index contributed by atoms with van der Waals surface area (Å²) in [7, 11) is 0. The van der Waals surface area contributed by atoms with Crippen LogP contribution in [0.4, 0.5) is 0 Å². The minimum absolute atomic E-state index is 0.103. The van der Waals surface area contributed by atoms with E-state index in [1.54, 1.807) is 18.3 Å². The molecule has 0 aliphatic rings. The third-order valence-electron chi connectivity index (χ3n) is 1.52. The zero-order valence-electron chi connectivity index (χ0n) is 6.77. The number of aromatic nitrogens is 1. The molecule has 1 aromatic heterocycles. The van der Waals surface area contributed by atoms with E-state index in [9.17, 15) is 4.79 Å². The highest BCUT2D eigenvalue weighted by Gasteiger charge is 2.11. The molecule has 0 aliphatic heterocycles. The van der Waals surface area contributed by atoms with E-state index < -0.39 is 12.0 Å². The summed E-state index contributed by atoms with van der Waals surface area (Å²) >= 11 is 3.23. The van der Waals surface area contributed by atoms with Crippen LogP contribution in [0.2, 0.25) is 0 Å². The maximum absolute atomic E-state index is 10.3. The first-order valence-corrected chi connectivity index (χ1v) is 4.47. The van der Waals surface area contributed by atoms with Crippen LogP contribution >= 0.6 is 15.9 Å². The monoisotopic (exact) mass is 244 g/mol. The second kappa shape index (κ2) is 4.34. The smallest absolute Gasteiger partial charge is 0.305 e. The first-order chi connectivity index (χ1) is 6.09. The summed E-state index contributed by atoms with van der Waals surface area (Å²) in [5.41, 5.74) is 6.18. The molecule has 0 spiro atoms. The van der Waals surface area contributed by atoms with Gasteiger partial charge >= 0.3 is 5.97 Å². The van der Waals surface area contributed by atoms with Gasteiger partial charge in [0.25, 0.3) is 0 Å². The molecule has 0 radical (unpaired) electrons. The summed E-state index contributed by atoms with van der Waals surface area (Å²) in [6, 6.07) is 2.95. The Balaban J connectivity index is 2.71. The second-order valence-electron chi connectivity index (χ2n) is 2.61. The predicted molar refractivity (Wildman–Crippen MR) is 51.1 cm³/mol. The molecule has 3 N–H and O–H groups in total. The summed E-state index contributed by atoms with van der Waals surface area (Å²) in [6.45, 7) is 0. The number of hydrogen-bond acceptors (Lipinski definition) is 3. The van der Waals surface area contributed by atoms with Crippen molar-refractivity contribution in [1.82, 2.24) is 4.98 Å². The van der Waals surface area contributed by atoms with Crippen molar-refractivity contribution in [2.45, 2.75) is 12.5 Å². The number of carboxylic acids is 1. The predicted octanol–water partition coefficient (Wildman–Crippen LogP) is 1.32. The van der Waals surface area contributed by atoms with Crippen molar-refractivity contribution in [2.24, 2.45) is 5.73 Å². The molecular formula is C8H9BrN2O2. The van der Waals surface area contributed by atoms with Crippen LogP contribution in [-0.4, -0.2) is 16.1 Å². The van der Waals surface area contributed by atoms with E-state index in [2.05, 4.69) is 20.9 Å². The van der Waals surface area contributed by atoms with Gasteiger partial charge in [-0.15, -0.1) is 0 Å². The van der Waals surface area contributed by atoms with Gasteiger partial charge in [0.15, 0.2) is 0 Å². The zero-order chi connectivity index (χ0) is 9.84. The van der Waals surface area contributed by atoms with Crippen molar-refractivity contribution in [1.29, 1.82) is 0 Å². The molecule has 70 valence electrons. The SMILES string of the molecule is N[C@H](CC(=O)O)c1ccc(Br)cn1. The molecule has 0 unspecified atom stereocenters. The Kier molecular flexibility index (Phi) is 3.39. The lowest BCUT2D eigenvalue weighted by Crippen LogP contribution is -2.16. The van der Waals surface area contributed by atoms with Crippen molar-refractivity contribution in [3.05, 3.63) is 28.5 Å². The Bertz CT molecular complexity index is 300. The van der Waals surface area contributed by atoms with Crippen LogP contribution < -0.4 is 5.73 Å². The minimum atomic E-state index is -0.919. The fourth-order valence-electron chi connectivity index (χ4n) is 0.899. The fourth-order valence-corrected chi connectivity index (χ4v) is 1.13. The number of rotatable bonds is 3. The molecular weight excluding hydrogens is 236 g/mol. The van der Waals surface area contributed by atoms with Crippen LogP contribution in [0.5, 0.6) is 0 Å². The molecule has 0 amide bonds. The van der Waals surface area contributed by atoms with E-state index in [0.717, 1.165) is 4.47 Å².